The number of aromatic nitrogens is 3. The molecule has 0 atom stereocenters. The SMILES string of the molecule is Cc1cnn(CCNC(=O)c2cc(Cl)nc(C(C)C)c2)c1. The number of rotatable bonds is 5. The molecule has 0 saturated heterocycles. The molecule has 2 aromatic rings. The van der Waals surface area contributed by atoms with Crippen LogP contribution in [0.3, 0.4) is 0 Å². The van der Waals surface area contributed by atoms with Crippen molar-refractivity contribution in [2.75, 3.05) is 6.54 Å². The van der Waals surface area contributed by atoms with E-state index >= 15 is 0 Å². The summed E-state index contributed by atoms with van der Waals surface area (Å²) in [4.78, 5) is 16.4. The van der Waals surface area contributed by atoms with Crippen LogP contribution in [0.15, 0.2) is 24.5 Å². The molecular formula is C15H19ClN4O. The van der Waals surface area contributed by atoms with Crippen LogP contribution in [0.2, 0.25) is 5.15 Å². The average Bonchev–Trinajstić information content (AvgIpc) is 2.83. The number of carbonyl (C=O) groups is 1. The molecule has 2 heterocycles. The minimum absolute atomic E-state index is 0.148. The number of halogens is 1. The van der Waals surface area contributed by atoms with Crippen LogP contribution in [0.1, 0.15) is 41.4 Å². The van der Waals surface area contributed by atoms with Gasteiger partial charge >= 0.3 is 0 Å². The summed E-state index contributed by atoms with van der Waals surface area (Å²) in [5.74, 6) is 0.0763. The number of amides is 1. The molecule has 2 rings (SSSR count). The lowest BCUT2D eigenvalue weighted by molar-refractivity contribution is 0.0951. The van der Waals surface area contributed by atoms with Crippen LogP contribution in [0.4, 0.5) is 0 Å². The van der Waals surface area contributed by atoms with Gasteiger partial charge in [0.2, 0.25) is 0 Å². The number of hydrogen-bond acceptors (Lipinski definition) is 3. The molecule has 0 aliphatic heterocycles. The van der Waals surface area contributed by atoms with Gasteiger partial charge in [-0.2, -0.15) is 5.10 Å². The Balaban J connectivity index is 1.96. The normalized spacial score (nSPS) is 10.9. The Hall–Kier alpha value is -1.88. The fraction of sp³-hybridized carbons (Fsp3) is 0.400. The quantitative estimate of drug-likeness (QED) is 0.864. The zero-order chi connectivity index (χ0) is 15.4. The van der Waals surface area contributed by atoms with Crippen molar-refractivity contribution in [3.05, 3.63) is 46.5 Å². The maximum atomic E-state index is 12.1. The number of nitrogens with zero attached hydrogens (tertiary/aromatic N) is 3. The number of nitrogens with one attached hydrogen (secondary N) is 1. The van der Waals surface area contributed by atoms with Crippen molar-refractivity contribution >= 4 is 17.5 Å². The van der Waals surface area contributed by atoms with Gasteiger partial charge in [-0.05, 0) is 30.5 Å². The van der Waals surface area contributed by atoms with Crippen molar-refractivity contribution in [1.82, 2.24) is 20.1 Å². The molecule has 0 unspecified atom stereocenters. The minimum Gasteiger partial charge on any atom is -0.350 e. The van der Waals surface area contributed by atoms with Gasteiger partial charge in [-0.1, -0.05) is 25.4 Å². The maximum absolute atomic E-state index is 12.1. The van der Waals surface area contributed by atoms with Crippen molar-refractivity contribution in [3.8, 4) is 0 Å². The van der Waals surface area contributed by atoms with Gasteiger partial charge in [-0.15, -0.1) is 0 Å². The number of hydrogen-bond donors (Lipinski definition) is 1. The second-order valence-electron chi connectivity index (χ2n) is 5.29. The molecule has 0 saturated carbocycles. The van der Waals surface area contributed by atoms with E-state index in [0.29, 0.717) is 23.8 Å². The van der Waals surface area contributed by atoms with E-state index in [2.05, 4.69) is 15.4 Å². The molecule has 0 aromatic carbocycles. The first kappa shape index (κ1) is 15.5. The highest BCUT2D eigenvalue weighted by atomic mass is 35.5. The topological polar surface area (TPSA) is 59.8 Å². The van der Waals surface area contributed by atoms with Crippen molar-refractivity contribution < 1.29 is 4.79 Å². The summed E-state index contributed by atoms with van der Waals surface area (Å²) in [7, 11) is 0. The van der Waals surface area contributed by atoms with Gasteiger partial charge < -0.3 is 5.32 Å². The Bertz CT molecular complexity index is 636. The summed E-state index contributed by atoms with van der Waals surface area (Å²) in [5, 5.41) is 7.38. The number of carbonyl (C=O) groups excluding carboxylic acids is 1. The Kier molecular flexibility index (Phi) is 4.96. The van der Waals surface area contributed by atoms with E-state index in [9.17, 15) is 4.79 Å². The van der Waals surface area contributed by atoms with E-state index in [0.717, 1.165) is 11.3 Å². The van der Waals surface area contributed by atoms with Gasteiger partial charge in [-0.3, -0.25) is 9.48 Å². The molecule has 0 aliphatic carbocycles. The van der Waals surface area contributed by atoms with E-state index in [1.54, 1.807) is 23.0 Å². The molecule has 5 nitrogen and oxygen atoms in total. The first-order chi connectivity index (χ1) is 9.95. The summed E-state index contributed by atoms with van der Waals surface area (Å²) < 4.78 is 1.80. The standard InChI is InChI=1S/C15H19ClN4O/c1-10(2)13-6-12(7-14(16)19-13)15(21)17-4-5-20-9-11(3)8-18-20/h6-10H,4-5H2,1-3H3,(H,17,21). The lowest BCUT2D eigenvalue weighted by Gasteiger charge is -2.09. The molecular weight excluding hydrogens is 288 g/mol. The van der Waals surface area contributed by atoms with Crippen molar-refractivity contribution in [2.24, 2.45) is 0 Å². The summed E-state index contributed by atoms with van der Waals surface area (Å²) in [5.41, 5.74) is 2.45. The molecule has 0 aliphatic rings. The third kappa shape index (κ3) is 4.29. The molecule has 0 radical (unpaired) electrons. The minimum atomic E-state index is -0.148. The summed E-state index contributed by atoms with van der Waals surface area (Å²) in [6, 6.07) is 3.37. The summed E-state index contributed by atoms with van der Waals surface area (Å²) in [6.07, 6.45) is 3.73. The van der Waals surface area contributed by atoms with E-state index in [4.69, 9.17) is 11.6 Å². The lowest BCUT2D eigenvalue weighted by Crippen LogP contribution is -2.27. The lowest BCUT2D eigenvalue weighted by atomic mass is 10.1. The predicted octanol–water partition coefficient (Wildman–Crippen LogP) is 2.79. The van der Waals surface area contributed by atoms with Crippen LogP contribution in [0.5, 0.6) is 0 Å². The zero-order valence-electron chi connectivity index (χ0n) is 12.4. The highest BCUT2D eigenvalue weighted by molar-refractivity contribution is 6.29. The monoisotopic (exact) mass is 306 g/mol. The van der Waals surface area contributed by atoms with E-state index in [1.807, 2.05) is 27.0 Å². The first-order valence-electron chi connectivity index (χ1n) is 6.90. The third-order valence-electron chi connectivity index (χ3n) is 3.06. The molecule has 2 aromatic heterocycles. The molecule has 0 bridgehead atoms. The van der Waals surface area contributed by atoms with E-state index in [1.165, 1.54) is 0 Å². The summed E-state index contributed by atoms with van der Waals surface area (Å²) in [6.45, 7) is 7.15. The Labute approximate surface area is 129 Å². The van der Waals surface area contributed by atoms with Crippen LogP contribution < -0.4 is 5.32 Å². The van der Waals surface area contributed by atoms with E-state index in [-0.39, 0.29) is 11.8 Å². The third-order valence-corrected chi connectivity index (χ3v) is 3.25. The van der Waals surface area contributed by atoms with Gasteiger partial charge in [-0.25, -0.2) is 4.98 Å². The first-order valence-corrected chi connectivity index (χ1v) is 7.28. The average molecular weight is 307 g/mol. The fourth-order valence-electron chi connectivity index (χ4n) is 1.92. The highest BCUT2D eigenvalue weighted by Crippen LogP contribution is 2.17. The molecule has 112 valence electrons. The van der Waals surface area contributed by atoms with Crippen molar-refractivity contribution in [3.63, 3.8) is 0 Å². The second-order valence-corrected chi connectivity index (χ2v) is 5.68. The maximum Gasteiger partial charge on any atom is 0.251 e. The van der Waals surface area contributed by atoms with Crippen molar-refractivity contribution in [2.45, 2.75) is 33.2 Å². The van der Waals surface area contributed by atoms with Gasteiger partial charge in [0.1, 0.15) is 5.15 Å². The summed E-state index contributed by atoms with van der Waals surface area (Å²) >= 11 is 5.97. The van der Waals surface area contributed by atoms with Gasteiger partial charge in [0.15, 0.2) is 0 Å². The number of pyridine rings is 1. The van der Waals surface area contributed by atoms with Gasteiger partial charge in [0, 0.05) is 24.0 Å². The van der Waals surface area contributed by atoms with Crippen LogP contribution in [-0.4, -0.2) is 27.2 Å². The fourth-order valence-corrected chi connectivity index (χ4v) is 2.13. The largest absolute Gasteiger partial charge is 0.350 e. The van der Waals surface area contributed by atoms with Gasteiger partial charge in [0.25, 0.3) is 5.91 Å². The molecule has 0 spiro atoms. The van der Waals surface area contributed by atoms with Gasteiger partial charge in [0.05, 0.1) is 12.7 Å². The van der Waals surface area contributed by atoms with E-state index < -0.39 is 0 Å². The molecule has 1 amide bonds. The smallest absolute Gasteiger partial charge is 0.251 e. The van der Waals surface area contributed by atoms with Crippen LogP contribution >= 0.6 is 11.6 Å². The molecule has 0 fully saturated rings. The zero-order valence-corrected chi connectivity index (χ0v) is 13.2. The Morgan fingerprint density at radius 2 is 2.19 bits per heavy atom. The number of aryl methyl sites for hydroxylation is 1. The van der Waals surface area contributed by atoms with Crippen LogP contribution in [0, 0.1) is 6.92 Å². The van der Waals surface area contributed by atoms with Crippen LogP contribution in [-0.2, 0) is 6.54 Å². The van der Waals surface area contributed by atoms with Crippen molar-refractivity contribution in [1.29, 1.82) is 0 Å². The van der Waals surface area contributed by atoms with Crippen LogP contribution in [0.25, 0.3) is 0 Å². The Morgan fingerprint density at radius 1 is 1.43 bits per heavy atom. The molecule has 21 heavy (non-hydrogen) atoms. The molecule has 1 N–H and O–H groups in total. The predicted molar refractivity (Wildman–Crippen MR) is 82.6 cm³/mol. The highest BCUT2D eigenvalue weighted by Gasteiger charge is 2.11. The Morgan fingerprint density at radius 3 is 2.81 bits per heavy atom. The second kappa shape index (κ2) is 6.72. The molecule has 6 heteroatoms.